The molecular weight excluding hydrogens is 224 g/mol. The molecule has 1 aliphatic heterocycles. The van der Waals surface area contributed by atoms with E-state index >= 15 is 0 Å². The number of hydrogen-bond acceptors (Lipinski definition) is 4. The van der Waals surface area contributed by atoms with Gasteiger partial charge in [-0.25, -0.2) is 4.98 Å². The highest BCUT2D eigenvalue weighted by atomic mass is 15.1. The van der Waals surface area contributed by atoms with Gasteiger partial charge in [0.2, 0.25) is 0 Å². The molecule has 2 atom stereocenters. The van der Waals surface area contributed by atoms with Crippen molar-refractivity contribution in [3.05, 3.63) is 29.6 Å². The monoisotopic (exact) mass is 244 g/mol. The van der Waals surface area contributed by atoms with Gasteiger partial charge in [-0.15, -0.1) is 0 Å². The standard InChI is InChI=1S/C14H20N4/c1-11-10-18(2)7-5-13(11)17-9-12-4-3-6-16-14(12)8-15/h3-4,6,11,13,17H,5,7,9-10H2,1-2H3. The average molecular weight is 244 g/mol. The Morgan fingerprint density at radius 1 is 1.61 bits per heavy atom. The minimum atomic E-state index is 0.533. The molecule has 0 bridgehead atoms. The molecule has 1 fully saturated rings. The maximum absolute atomic E-state index is 9.00. The number of nitriles is 1. The first-order valence-corrected chi connectivity index (χ1v) is 6.46. The van der Waals surface area contributed by atoms with E-state index in [1.165, 1.54) is 6.42 Å². The van der Waals surface area contributed by atoms with Crippen molar-refractivity contribution in [1.29, 1.82) is 5.26 Å². The largest absolute Gasteiger partial charge is 0.309 e. The van der Waals surface area contributed by atoms with E-state index in [2.05, 4.69) is 35.2 Å². The maximum atomic E-state index is 9.00. The molecule has 96 valence electrons. The number of nitrogens with zero attached hydrogens (tertiary/aromatic N) is 3. The summed E-state index contributed by atoms with van der Waals surface area (Å²) in [4.78, 5) is 6.45. The summed E-state index contributed by atoms with van der Waals surface area (Å²) >= 11 is 0. The van der Waals surface area contributed by atoms with Crippen LogP contribution in [-0.2, 0) is 6.54 Å². The number of rotatable bonds is 3. The lowest BCUT2D eigenvalue weighted by Crippen LogP contribution is -2.46. The summed E-state index contributed by atoms with van der Waals surface area (Å²) in [6, 6.07) is 6.53. The summed E-state index contributed by atoms with van der Waals surface area (Å²) in [5.74, 6) is 0.644. The number of likely N-dealkylation sites (tertiary alicyclic amines) is 1. The number of hydrogen-bond donors (Lipinski definition) is 1. The van der Waals surface area contributed by atoms with E-state index in [-0.39, 0.29) is 0 Å². The second kappa shape index (κ2) is 5.94. The van der Waals surface area contributed by atoms with Gasteiger partial charge < -0.3 is 10.2 Å². The Balaban J connectivity index is 1.94. The minimum absolute atomic E-state index is 0.533. The predicted molar refractivity (Wildman–Crippen MR) is 70.9 cm³/mol. The molecule has 1 N–H and O–H groups in total. The van der Waals surface area contributed by atoms with E-state index in [0.29, 0.717) is 17.7 Å². The summed E-state index contributed by atoms with van der Waals surface area (Å²) in [6.45, 7) is 5.28. The molecule has 1 aromatic heterocycles. The van der Waals surface area contributed by atoms with Crippen molar-refractivity contribution in [2.75, 3.05) is 20.1 Å². The van der Waals surface area contributed by atoms with Crippen LogP contribution in [-0.4, -0.2) is 36.1 Å². The summed E-state index contributed by atoms with van der Waals surface area (Å²) in [6.07, 6.45) is 2.83. The SMILES string of the molecule is CC1CN(C)CCC1NCc1cccnc1C#N. The molecule has 1 saturated heterocycles. The molecule has 2 rings (SSSR count). The Labute approximate surface area is 109 Å². The van der Waals surface area contributed by atoms with E-state index in [1.807, 2.05) is 12.1 Å². The molecular formula is C14H20N4. The van der Waals surface area contributed by atoms with Gasteiger partial charge in [0, 0.05) is 30.9 Å². The van der Waals surface area contributed by atoms with Gasteiger partial charge in [0.15, 0.2) is 0 Å². The summed E-state index contributed by atoms with van der Waals surface area (Å²) in [5.41, 5.74) is 1.52. The molecule has 4 heteroatoms. The molecule has 2 heterocycles. The van der Waals surface area contributed by atoms with Crippen LogP contribution in [0.5, 0.6) is 0 Å². The maximum Gasteiger partial charge on any atom is 0.144 e. The summed E-state index contributed by atoms with van der Waals surface area (Å²) in [5, 5.41) is 12.6. The van der Waals surface area contributed by atoms with Crippen LogP contribution >= 0.6 is 0 Å². The van der Waals surface area contributed by atoms with Gasteiger partial charge in [0.25, 0.3) is 0 Å². The zero-order valence-corrected chi connectivity index (χ0v) is 11.1. The third-order valence-corrected chi connectivity index (χ3v) is 3.66. The number of aromatic nitrogens is 1. The van der Waals surface area contributed by atoms with E-state index in [9.17, 15) is 0 Å². The van der Waals surface area contributed by atoms with Gasteiger partial charge in [-0.3, -0.25) is 0 Å². The van der Waals surface area contributed by atoms with Gasteiger partial charge in [-0.2, -0.15) is 5.26 Å². The van der Waals surface area contributed by atoms with Crippen LogP contribution in [0.25, 0.3) is 0 Å². The highest BCUT2D eigenvalue weighted by molar-refractivity contribution is 5.30. The predicted octanol–water partition coefficient (Wildman–Crippen LogP) is 1.38. The minimum Gasteiger partial charge on any atom is -0.309 e. The third kappa shape index (κ3) is 3.06. The lowest BCUT2D eigenvalue weighted by Gasteiger charge is -2.35. The topological polar surface area (TPSA) is 52.0 Å². The number of pyridine rings is 1. The zero-order valence-electron chi connectivity index (χ0n) is 11.1. The highest BCUT2D eigenvalue weighted by Crippen LogP contribution is 2.16. The van der Waals surface area contributed by atoms with Gasteiger partial charge in [-0.05, 0) is 32.0 Å². The normalized spacial score (nSPS) is 24.7. The fourth-order valence-electron chi connectivity index (χ4n) is 2.58. The fraction of sp³-hybridized carbons (Fsp3) is 0.571. The van der Waals surface area contributed by atoms with Crippen LogP contribution in [0, 0.1) is 17.2 Å². The first kappa shape index (κ1) is 13.0. The van der Waals surface area contributed by atoms with Crippen molar-refractivity contribution in [3.63, 3.8) is 0 Å². The molecule has 0 amide bonds. The van der Waals surface area contributed by atoms with E-state index in [1.54, 1.807) is 6.20 Å². The summed E-state index contributed by atoms with van der Waals surface area (Å²) < 4.78 is 0. The van der Waals surface area contributed by atoms with Crippen LogP contribution < -0.4 is 5.32 Å². The molecule has 0 saturated carbocycles. The van der Waals surface area contributed by atoms with Crippen molar-refractivity contribution in [3.8, 4) is 6.07 Å². The van der Waals surface area contributed by atoms with E-state index in [0.717, 1.165) is 25.2 Å². The second-order valence-corrected chi connectivity index (χ2v) is 5.14. The molecule has 0 aliphatic carbocycles. The Morgan fingerprint density at radius 3 is 3.17 bits per heavy atom. The van der Waals surface area contributed by atoms with Crippen molar-refractivity contribution in [2.45, 2.75) is 25.9 Å². The fourth-order valence-corrected chi connectivity index (χ4v) is 2.58. The van der Waals surface area contributed by atoms with Crippen LogP contribution in [0.2, 0.25) is 0 Å². The molecule has 2 unspecified atom stereocenters. The van der Waals surface area contributed by atoms with Crippen molar-refractivity contribution < 1.29 is 0 Å². The molecule has 1 aromatic rings. The lowest BCUT2D eigenvalue weighted by molar-refractivity contribution is 0.174. The molecule has 0 spiro atoms. The van der Waals surface area contributed by atoms with Gasteiger partial charge in [-0.1, -0.05) is 13.0 Å². The van der Waals surface area contributed by atoms with Crippen LogP contribution in [0.4, 0.5) is 0 Å². The van der Waals surface area contributed by atoms with Crippen LogP contribution in [0.15, 0.2) is 18.3 Å². The molecule has 4 nitrogen and oxygen atoms in total. The highest BCUT2D eigenvalue weighted by Gasteiger charge is 2.23. The Morgan fingerprint density at radius 2 is 2.44 bits per heavy atom. The second-order valence-electron chi connectivity index (χ2n) is 5.14. The zero-order chi connectivity index (χ0) is 13.0. The molecule has 0 aromatic carbocycles. The van der Waals surface area contributed by atoms with Gasteiger partial charge >= 0.3 is 0 Å². The van der Waals surface area contributed by atoms with Crippen LogP contribution in [0.1, 0.15) is 24.6 Å². The van der Waals surface area contributed by atoms with Crippen LogP contribution in [0.3, 0.4) is 0 Å². The van der Waals surface area contributed by atoms with Gasteiger partial charge in [0.05, 0.1) is 0 Å². The Kier molecular flexibility index (Phi) is 4.29. The number of piperidine rings is 1. The smallest absolute Gasteiger partial charge is 0.144 e. The average Bonchev–Trinajstić information content (AvgIpc) is 2.38. The quantitative estimate of drug-likeness (QED) is 0.873. The van der Waals surface area contributed by atoms with Crippen molar-refractivity contribution in [2.24, 2.45) is 5.92 Å². The van der Waals surface area contributed by atoms with E-state index in [4.69, 9.17) is 5.26 Å². The number of nitrogens with one attached hydrogen (secondary N) is 1. The molecule has 18 heavy (non-hydrogen) atoms. The summed E-state index contributed by atoms with van der Waals surface area (Å²) in [7, 11) is 2.17. The first-order chi connectivity index (χ1) is 8.70. The van der Waals surface area contributed by atoms with Gasteiger partial charge in [0.1, 0.15) is 11.8 Å². The Hall–Kier alpha value is -1.44. The molecule has 1 aliphatic rings. The van der Waals surface area contributed by atoms with E-state index < -0.39 is 0 Å². The van der Waals surface area contributed by atoms with Crippen molar-refractivity contribution in [1.82, 2.24) is 15.2 Å². The first-order valence-electron chi connectivity index (χ1n) is 6.46. The Bertz CT molecular complexity index is 438. The lowest BCUT2D eigenvalue weighted by atomic mass is 9.94. The van der Waals surface area contributed by atoms with Crippen molar-refractivity contribution >= 4 is 0 Å². The molecule has 0 radical (unpaired) electrons. The third-order valence-electron chi connectivity index (χ3n) is 3.66.